The molecule has 1 aliphatic rings. The molecule has 140 valence electrons. The summed E-state index contributed by atoms with van der Waals surface area (Å²) in [5, 5.41) is 3.01. The standard InChI is InChI=1S/C18H29N3O3S/c1-18(2,3)15-8-6-7-9-16(15)19-17(22)20(4)14-10-12-21(13-11-14)25(5,23)24/h6-9,14H,10-13H2,1-5H3,(H,19,22). The number of hydrogen-bond donors (Lipinski definition) is 1. The predicted molar refractivity (Wildman–Crippen MR) is 101 cm³/mol. The van der Waals surface area contributed by atoms with Gasteiger partial charge >= 0.3 is 6.03 Å². The largest absolute Gasteiger partial charge is 0.325 e. The third kappa shape index (κ3) is 4.95. The molecule has 1 saturated heterocycles. The number of anilines is 1. The Kier molecular flexibility index (Phi) is 5.79. The van der Waals surface area contributed by atoms with E-state index in [0.717, 1.165) is 11.3 Å². The first-order valence-corrected chi connectivity index (χ1v) is 10.4. The third-order valence-electron chi connectivity index (χ3n) is 4.74. The number of benzene rings is 1. The van der Waals surface area contributed by atoms with Crippen molar-refractivity contribution in [2.24, 2.45) is 0 Å². The smallest absolute Gasteiger partial charge is 0.321 e. The molecule has 1 aliphatic heterocycles. The first kappa shape index (κ1) is 19.7. The fourth-order valence-corrected chi connectivity index (χ4v) is 4.05. The molecular weight excluding hydrogens is 338 g/mol. The van der Waals surface area contributed by atoms with Gasteiger partial charge in [0.2, 0.25) is 10.0 Å². The average molecular weight is 368 g/mol. The van der Waals surface area contributed by atoms with E-state index in [2.05, 4.69) is 26.1 Å². The van der Waals surface area contributed by atoms with Crippen LogP contribution in [0.3, 0.4) is 0 Å². The lowest BCUT2D eigenvalue weighted by atomic mass is 9.86. The van der Waals surface area contributed by atoms with Crippen molar-refractivity contribution < 1.29 is 13.2 Å². The Morgan fingerprint density at radius 3 is 2.28 bits per heavy atom. The highest BCUT2D eigenvalue weighted by atomic mass is 32.2. The summed E-state index contributed by atoms with van der Waals surface area (Å²) in [6.07, 6.45) is 2.53. The lowest BCUT2D eigenvalue weighted by Gasteiger charge is -2.35. The number of carbonyl (C=O) groups excluding carboxylic acids is 1. The number of piperidine rings is 1. The van der Waals surface area contributed by atoms with Gasteiger partial charge in [-0.05, 0) is 29.9 Å². The van der Waals surface area contributed by atoms with Crippen LogP contribution in [0, 0.1) is 0 Å². The second kappa shape index (κ2) is 7.33. The molecule has 0 saturated carbocycles. The van der Waals surface area contributed by atoms with Crippen LogP contribution in [0.25, 0.3) is 0 Å². The molecule has 0 aliphatic carbocycles. The van der Waals surface area contributed by atoms with Crippen LogP contribution in [-0.2, 0) is 15.4 Å². The number of carbonyl (C=O) groups is 1. The molecule has 1 fully saturated rings. The number of rotatable bonds is 3. The van der Waals surface area contributed by atoms with Crippen LogP contribution in [0.4, 0.5) is 10.5 Å². The Bertz CT molecular complexity index is 717. The number of nitrogens with zero attached hydrogens (tertiary/aromatic N) is 2. The second-order valence-electron chi connectivity index (χ2n) is 7.73. The Morgan fingerprint density at radius 2 is 1.76 bits per heavy atom. The molecule has 0 bridgehead atoms. The summed E-state index contributed by atoms with van der Waals surface area (Å²) in [6.45, 7) is 7.26. The molecule has 0 aromatic heterocycles. The van der Waals surface area contributed by atoms with Crippen LogP contribution in [0.2, 0.25) is 0 Å². The maximum Gasteiger partial charge on any atom is 0.321 e. The van der Waals surface area contributed by atoms with Gasteiger partial charge < -0.3 is 10.2 Å². The number of nitrogens with one attached hydrogen (secondary N) is 1. The van der Waals surface area contributed by atoms with Gasteiger partial charge in [0.1, 0.15) is 0 Å². The topological polar surface area (TPSA) is 69.7 Å². The van der Waals surface area contributed by atoms with Gasteiger partial charge in [0.05, 0.1) is 6.26 Å². The van der Waals surface area contributed by atoms with Crippen molar-refractivity contribution >= 4 is 21.7 Å². The lowest BCUT2D eigenvalue weighted by molar-refractivity contribution is 0.174. The maximum atomic E-state index is 12.7. The van der Waals surface area contributed by atoms with Crippen molar-refractivity contribution in [3.05, 3.63) is 29.8 Å². The zero-order chi connectivity index (χ0) is 18.8. The molecule has 0 radical (unpaired) electrons. The highest BCUT2D eigenvalue weighted by Crippen LogP contribution is 2.29. The van der Waals surface area contributed by atoms with Crippen LogP contribution in [0.15, 0.2) is 24.3 Å². The Morgan fingerprint density at radius 1 is 1.20 bits per heavy atom. The van der Waals surface area contributed by atoms with Gasteiger partial charge in [-0.3, -0.25) is 0 Å². The van der Waals surface area contributed by atoms with E-state index in [0.29, 0.717) is 25.9 Å². The molecule has 2 rings (SSSR count). The van der Waals surface area contributed by atoms with Crippen molar-refractivity contribution in [2.45, 2.75) is 45.1 Å². The van der Waals surface area contributed by atoms with E-state index in [-0.39, 0.29) is 17.5 Å². The van der Waals surface area contributed by atoms with E-state index in [1.165, 1.54) is 10.6 Å². The molecule has 1 aromatic rings. The van der Waals surface area contributed by atoms with E-state index in [9.17, 15) is 13.2 Å². The number of para-hydroxylation sites is 1. The summed E-state index contributed by atoms with van der Waals surface area (Å²) >= 11 is 0. The van der Waals surface area contributed by atoms with Gasteiger partial charge in [0, 0.05) is 31.9 Å². The molecule has 2 amide bonds. The Labute approximate surface area is 151 Å². The maximum absolute atomic E-state index is 12.7. The molecular formula is C18H29N3O3S. The van der Waals surface area contributed by atoms with Crippen molar-refractivity contribution in [3.8, 4) is 0 Å². The van der Waals surface area contributed by atoms with Crippen LogP contribution < -0.4 is 5.32 Å². The minimum Gasteiger partial charge on any atom is -0.325 e. The summed E-state index contributed by atoms with van der Waals surface area (Å²) in [5.74, 6) is 0. The molecule has 6 nitrogen and oxygen atoms in total. The second-order valence-corrected chi connectivity index (χ2v) is 9.71. The van der Waals surface area contributed by atoms with Crippen molar-refractivity contribution in [1.29, 1.82) is 0 Å². The highest BCUT2D eigenvalue weighted by molar-refractivity contribution is 7.88. The number of amides is 2. The van der Waals surface area contributed by atoms with E-state index in [1.54, 1.807) is 11.9 Å². The van der Waals surface area contributed by atoms with Gasteiger partial charge in [-0.2, -0.15) is 0 Å². The van der Waals surface area contributed by atoms with Crippen LogP contribution in [-0.4, -0.2) is 56.1 Å². The van der Waals surface area contributed by atoms with Gasteiger partial charge in [0.25, 0.3) is 0 Å². The van der Waals surface area contributed by atoms with Crippen LogP contribution >= 0.6 is 0 Å². The summed E-state index contributed by atoms with van der Waals surface area (Å²) in [4.78, 5) is 14.3. The molecule has 1 aromatic carbocycles. The third-order valence-corrected chi connectivity index (χ3v) is 6.04. The van der Waals surface area contributed by atoms with Gasteiger partial charge in [-0.15, -0.1) is 0 Å². The van der Waals surface area contributed by atoms with Crippen LogP contribution in [0.5, 0.6) is 0 Å². The molecule has 1 heterocycles. The van der Waals surface area contributed by atoms with Crippen molar-refractivity contribution in [2.75, 3.05) is 31.7 Å². The summed E-state index contributed by atoms with van der Waals surface area (Å²) < 4.78 is 24.7. The summed E-state index contributed by atoms with van der Waals surface area (Å²) in [6, 6.07) is 7.71. The average Bonchev–Trinajstić information content (AvgIpc) is 2.53. The summed E-state index contributed by atoms with van der Waals surface area (Å²) in [7, 11) is -1.38. The molecule has 0 spiro atoms. The number of hydrogen-bond acceptors (Lipinski definition) is 3. The van der Waals surface area contributed by atoms with Gasteiger partial charge in [-0.25, -0.2) is 17.5 Å². The highest BCUT2D eigenvalue weighted by Gasteiger charge is 2.29. The molecule has 1 N–H and O–H groups in total. The first-order chi connectivity index (χ1) is 11.5. The van der Waals surface area contributed by atoms with Gasteiger partial charge in [-0.1, -0.05) is 39.0 Å². The molecule has 0 atom stereocenters. The van der Waals surface area contributed by atoms with Crippen molar-refractivity contribution in [3.63, 3.8) is 0 Å². The van der Waals surface area contributed by atoms with Crippen molar-refractivity contribution in [1.82, 2.24) is 9.21 Å². The molecule has 25 heavy (non-hydrogen) atoms. The number of sulfonamides is 1. The monoisotopic (exact) mass is 367 g/mol. The normalized spacial score (nSPS) is 17.3. The number of urea groups is 1. The Balaban J connectivity index is 2.03. The van der Waals surface area contributed by atoms with Gasteiger partial charge in [0.15, 0.2) is 0 Å². The first-order valence-electron chi connectivity index (χ1n) is 8.58. The zero-order valence-electron chi connectivity index (χ0n) is 15.7. The van der Waals surface area contributed by atoms with E-state index in [4.69, 9.17) is 0 Å². The summed E-state index contributed by atoms with van der Waals surface area (Å²) in [5.41, 5.74) is 1.84. The van der Waals surface area contributed by atoms with E-state index < -0.39 is 10.0 Å². The fourth-order valence-electron chi connectivity index (χ4n) is 3.18. The Hall–Kier alpha value is -1.60. The fraction of sp³-hybridized carbons (Fsp3) is 0.611. The molecule has 7 heteroatoms. The minimum absolute atomic E-state index is 0.0415. The minimum atomic E-state index is -3.15. The van der Waals surface area contributed by atoms with E-state index >= 15 is 0 Å². The SMILES string of the molecule is CN(C(=O)Nc1ccccc1C(C)(C)C)C1CCN(S(C)(=O)=O)CC1. The molecule has 0 unspecified atom stereocenters. The lowest BCUT2D eigenvalue weighted by Crippen LogP contribution is -2.48. The predicted octanol–water partition coefficient (Wildman–Crippen LogP) is 2.87. The van der Waals surface area contributed by atoms with Crippen LogP contribution in [0.1, 0.15) is 39.2 Å². The quantitative estimate of drug-likeness (QED) is 0.893. The van der Waals surface area contributed by atoms with E-state index in [1.807, 2.05) is 24.3 Å². The zero-order valence-corrected chi connectivity index (χ0v) is 16.6.